The predicted molar refractivity (Wildman–Crippen MR) is 104 cm³/mol. The number of hydrogen-bond donors (Lipinski definition) is 1. The fraction of sp³-hybridized carbons (Fsp3) is 0.826. The first-order chi connectivity index (χ1) is 13.7. The summed E-state index contributed by atoms with van der Waals surface area (Å²) < 4.78 is 11.9. The van der Waals surface area contributed by atoms with Crippen LogP contribution in [0, 0.1) is 11.8 Å². The molecule has 0 spiro atoms. The number of nitrogens with zero attached hydrogens (tertiary/aromatic N) is 1. The molecule has 5 aliphatic rings. The van der Waals surface area contributed by atoms with E-state index in [1.54, 1.807) is 0 Å². The summed E-state index contributed by atoms with van der Waals surface area (Å²) in [6.07, 6.45) is 14.4. The van der Waals surface area contributed by atoms with Crippen LogP contribution in [0.3, 0.4) is 0 Å². The van der Waals surface area contributed by atoms with Gasteiger partial charge in [-0.3, -0.25) is 0 Å². The lowest BCUT2D eigenvalue weighted by molar-refractivity contribution is 0.0172. The van der Waals surface area contributed by atoms with Crippen LogP contribution < -0.4 is 5.32 Å². The van der Waals surface area contributed by atoms with Crippen molar-refractivity contribution < 1.29 is 14.1 Å². The fourth-order valence-electron chi connectivity index (χ4n) is 6.68. The number of ether oxygens (including phenoxy) is 1. The monoisotopic (exact) mass is 384 g/mol. The van der Waals surface area contributed by atoms with Crippen molar-refractivity contribution in [1.82, 2.24) is 10.5 Å². The molecule has 28 heavy (non-hydrogen) atoms. The average Bonchev–Trinajstić information content (AvgIpc) is 3.36. The maximum absolute atomic E-state index is 13.4. The molecule has 1 aromatic rings. The minimum absolute atomic E-state index is 0.0477. The van der Waals surface area contributed by atoms with Crippen molar-refractivity contribution in [1.29, 1.82) is 0 Å². The molecule has 0 amide bonds. The highest BCUT2D eigenvalue weighted by Gasteiger charge is 2.43. The Balaban J connectivity index is 1.26. The van der Waals surface area contributed by atoms with Gasteiger partial charge in [0.2, 0.25) is 0 Å². The molecule has 5 nitrogen and oxygen atoms in total. The Morgan fingerprint density at radius 3 is 2.57 bits per heavy atom. The first-order valence-electron chi connectivity index (χ1n) is 11.7. The lowest BCUT2D eigenvalue weighted by atomic mass is 9.65. The summed E-state index contributed by atoms with van der Waals surface area (Å²) in [7, 11) is 0. The van der Waals surface area contributed by atoms with Crippen LogP contribution in [0.15, 0.2) is 4.52 Å². The Morgan fingerprint density at radius 2 is 1.79 bits per heavy atom. The van der Waals surface area contributed by atoms with Gasteiger partial charge in [0.25, 0.3) is 0 Å². The minimum atomic E-state index is -0.151. The normalized spacial score (nSPS) is 39.7. The SMILES string of the molecule is O=C(O[C@H]1C[C@H]2CC[C@@H](C1)N2)c1c(C2CCC3CCCC2C3)noc1C1CC1. The lowest BCUT2D eigenvalue weighted by Gasteiger charge is -2.39. The number of aromatic nitrogens is 1. The van der Waals surface area contributed by atoms with Gasteiger partial charge >= 0.3 is 5.97 Å². The van der Waals surface area contributed by atoms with Gasteiger partial charge in [-0.05, 0) is 76.0 Å². The van der Waals surface area contributed by atoms with E-state index in [4.69, 9.17) is 9.26 Å². The fourth-order valence-corrected chi connectivity index (χ4v) is 6.68. The molecule has 3 aliphatic carbocycles. The van der Waals surface area contributed by atoms with Crippen molar-refractivity contribution in [3.8, 4) is 0 Å². The van der Waals surface area contributed by atoms with Gasteiger partial charge in [-0.2, -0.15) is 0 Å². The molecule has 5 fully saturated rings. The molecule has 0 radical (unpaired) electrons. The smallest absolute Gasteiger partial charge is 0.344 e. The van der Waals surface area contributed by atoms with Gasteiger partial charge in [-0.15, -0.1) is 0 Å². The second-order valence-electron chi connectivity index (χ2n) is 10.2. The van der Waals surface area contributed by atoms with Gasteiger partial charge < -0.3 is 14.6 Å². The molecule has 2 saturated heterocycles. The first kappa shape index (κ1) is 17.5. The zero-order valence-corrected chi connectivity index (χ0v) is 16.7. The molecular formula is C23H32N2O3. The summed E-state index contributed by atoms with van der Waals surface area (Å²) in [5.74, 6) is 3.02. The number of esters is 1. The largest absolute Gasteiger partial charge is 0.459 e. The van der Waals surface area contributed by atoms with Gasteiger partial charge in [0.15, 0.2) is 5.76 Å². The third-order valence-corrected chi connectivity index (χ3v) is 8.23. The highest BCUT2D eigenvalue weighted by atomic mass is 16.5. The third kappa shape index (κ3) is 3.10. The lowest BCUT2D eigenvalue weighted by Crippen LogP contribution is -2.42. The average molecular weight is 385 g/mol. The van der Waals surface area contributed by atoms with Crippen molar-refractivity contribution in [2.75, 3.05) is 0 Å². The Bertz CT molecular complexity index is 743. The number of carbonyl (C=O) groups excluding carboxylic acids is 1. The van der Waals surface area contributed by atoms with Crippen molar-refractivity contribution in [3.05, 3.63) is 17.0 Å². The van der Waals surface area contributed by atoms with E-state index in [0.29, 0.717) is 29.8 Å². The summed E-state index contributed by atoms with van der Waals surface area (Å²) in [6, 6.07) is 1.05. The highest BCUT2D eigenvalue weighted by Crippen LogP contribution is 2.50. The van der Waals surface area contributed by atoms with E-state index in [1.807, 2.05) is 0 Å². The molecule has 6 rings (SSSR count). The van der Waals surface area contributed by atoms with Crippen LogP contribution in [-0.2, 0) is 4.74 Å². The topological polar surface area (TPSA) is 64.4 Å². The number of fused-ring (bicyclic) bond motifs is 4. The Hall–Kier alpha value is -1.36. The summed E-state index contributed by atoms with van der Waals surface area (Å²) >= 11 is 0. The predicted octanol–water partition coefficient (Wildman–Crippen LogP) is 4.68. The zero-order chi connectivity index (χ0) is 18.7. The number of hydrogen-bond acceptors (Lipinski definition) is 5. The first-order valence-corrected chi connectivity index (χ1v) is 11.7. The number of carbonyl (C=O) groups is 1. The van der Waals surface area contributed by atoms with Crippen molar-refractivity contribution in [3.63, 3.8) is 0 Å². The van der Waals surface area contributed by atoms with Crippen LogP contribution >= 0.6 is 0 Å². The van der Waals surface area contributed by atoms with E-state index in [9.17, 15) is 4.79 Å². The molecule has 0 aromatic carbocycles. The summed E-state index contributed by atoms with van der Waals surface area (Å²) in [6.45, 7) is 0. The maximum atomic E-state index is 13.4. The van der Waals surface area contributed by atoms with Gasteiger partial charge in [-0.1, -0.05) is 18.0 Å². The van der Waals surface area contributed by atoms with E-state index in [-0.39, 0.29) is 12.1 Å². The van der Waals surface area contributed by atoms with E-state index in [1.165, 1.54) is 44.9 Å². The quantitative estimate of drug-likeness (QED) is 0.764. The summed E-state index contributed by atoms with van der Waals surface area (Å²) in [4.78, 5) is 13.4. The van der Waals surface area contributed by atoms with Crippen molar-refractivity contribution in [2.45, 2.75) is 107 Å². The Morgan fingerprint density at radius 1 is 0.964 bits per heavy atom. The van der Waals surface area contributed by atoms with Crippen molar-refractivity contribution in [2.24, 2.45) is 11.8 Å². The number of rotatable bonds is 4. The van der Waals surface area contributed by atoms with Crippen LogP contribution in [0.5, 0.6) is 0 Å². The van der Waals surface area contributed by atoms with Crippen LogP contribution in [-0.4, -0.2) is 29.3 Å². The minimum Gasteiger partial charge on any atom is -0.459 e. The standard InChI is InChI=1S/C23H32N2O3/c26-23(27-18-11-16-7-8-17(12-18)24-16)20-21(25-28-22(20)14-5-6-14)19-9-4-13-2-1-3-15(19)10-13/h13-19,24H,1-12H2/t13?,15?,16-,17+,18+,19?. The van der Waals surface area contributed by atoms with Gasteiger partial charge in [0.05, 0.1) is 0 Å². The zero-order valence-electron chi connectivity index (χ0n) is 16.7. The molecule has 6 atom stereocenters. The molecule has 2 aliphatic heterocycles. The second kappa shape index (κ2) is 6.86. The molecule has 3 heterocycles. The van der Waals surface area contributed by atoms with Crippen LogP contribution in [0.25, 0.3) is 0 Å². The van der Waals surface area contributed by atoms with Crippen LogP contribution in [0.4, 0.5) is 0 Å². The molecule has 3 saturated carbocycles. The molecule has 1 aromatic heterocycles. The van der Waals surface area contributed by atoms with Crippen LogP contribution in [0.1, 0.15) is 111 Å². The van der Waals surface area contributed by atoms with Gasteiger partial charge in [-0.25, -0.2) is 4.79 Å². The molecular weight excluding hydrogens is 352 g/mol. The van der Waals surface area contributed by atoms with Gasteiger partial charge in [0.1, 0.15) is 17.4 Å². The molecule has 4 bridgehead atoms. The Labute approximate surface area is 166 Å². The molecule has 3 unspecified atom stereocenters. The van der Waals surface area contributed by atoms with E-state index >= 15 is 0 Å². The van der Waals surface area contributed by atoms with Crippen molar-refractivity contribution >= 4 is 5.97 Å². The molecule has 152 valence electrons. The van der Waals surface area contributed by atoms with Crippen LogP contribution in [0.2, 0.25) is 0 Å². The maximum Gasteiger partial charge on any atom is 0.344 e. The molecule has 5 heteroatoms. The van der Waals surface area contributed by atoms with E-state index in [0.717, 1.165) is 55.0 Å². The Kier molecular flexibility index (Phi) is 4.29. The highest BCUT2D eigenvalue weighted by molar-refractivity contribution is 5.92. The van der Waals surface area contributed by atoms with E-state index in [2.05, 4.69) is 10.5 Å². The molecule has 1 N–H and O–H groups in total. The van der Waals surface area contributed by atoms with E-state index < -0.39 is 0 Å². The van der Waals surface area contributed by atoms with Gasteiger partial charge in [0, 0.05) is 23.9 Å². The summed E-state index contributed by atoms with van der Waals surface area (Å²) in [5, 5.41) is 8.15. The number of nitrogens with one attached hydrogen (secondary N) is 1. The number of piperidine rings is 1. The summed E-state index contributed by atoms with van der Waals surface area (Å²) in [5.41, 5.74) is 1.66. The third-order valence-electron chi connectivity index (χ3n) is 8.23. The second-order valence-corrected chi connectivity index (χ2v) is 10.2.